The minimum atomic E-state index is -0.810. The van der Waals surface area contributed by atoms with Crippen LogP contribution >= 0.6 is 0 Å². The van der Waals surface area contributed by atoms with Gasteiger partial charge in [0.15, 0.2) is 5.58 Å². The van der Waals surface area contributed by atoms with Gasteiger partial charge in [0.25, 0.3) is 6.29 Å². The average molecular weight is 436 g/mol. The molecule has 32 heavy (non-hydrogen) atoms. The number of benzene rings is 2. The van der Waals surface area contributed by atoms with Crippen LogP contribution in [0.5, 0.6) is 17.2 Å². The first-order chi connectivity index (χ1) is 15.4. The largest absolute Gasteiger partial charge is 0.506 e. The molecule has 3 unspecified atom stereocenters. The van der Waals surface area contributed by atoms with E-state index in [1.807, 2.05) is 6.07 Å². The second-order valence-corrected chi connectivity index (χ2v) is 8.00. The summed E-state index contributed by atoms with van der Waals surface area (Å²) in [5.41, 5.74) is 0.480. The molecule has 3 atom stereocenters. The number of hydrogen-bond donors (Lipinski definition) is 1. The lowest BCUT2D eigenvalue weighted by atomic mass is 9.86. The summed E-state index contributed by atoms with van der Waals surface area (Å²) in [5.74, 6) is -1.42. The van der Waals surface area contributed by atoms with Gasteiger partial charge in [-0.25, -0.2) is 4.79 Å². The van der Waals surface area contributed by atoms with Crippen molar-refractivity contribution in [1.29, 1.82) is 0 Å². The molecular formula is C24H20O8. The van der Waals surface area contributed by atoms with Crippen molar-refractivity contribution >= 4 is 22.7 Å². The normalized spacial score (nSPS) is 19.8. The molecule has 2 aromatic carbocycles. The molecule has 164 valence electrons. The molecule has 0 bridgehead atoms. The van der Waals surface area contributed by atoms with Gasteiger partial charge in [0.2, 0.25) is 0 Å². The molecule has 0 aliphatic carbocycles. The van der Waals surface area contributed by atoms with E-state index in [9.17, 15) is 19.5 Å². The number of ketones is 1. The van der Waals surface area contributed by atoms with Gasteiger partial charge in [-0.05, 0) is 12.5 Å². The zero-order valence-electron chi connectivity index (χ0n) is 17.4. The lowest BCUT2D eigenvalue weighted by Crippen LogP contribution is -2.17. The lowest BCUT2D eigenvalue weighted by molar-refractivity contribution is -0.150. The standard InChI is InChI=1S/C24H20O8/c1-11(25)8-13(12-6-4-3-5-7-12)19-21(27)20-15(29-2)10-16-18(22(20)32-23(19)28)14-9-17(26)31-24(14)30-16/h3-7,10,13-14,24,27H,8-9H2,1-2H3. The fourth-order valence-corrected chi connectivity index (χ4v) is 4.62. The first-order valence-corrected chi connectivity index (χ1v) is 10.2. The number of aromatic hydroxyl groups is 1. The van der Waals surface area contributed by atoms with Crippen LogP contribution in [0.25, 0.3) is 11.0 Å². The summed E-state index contributed by atoms with van der Waals surface area (Å²) in [5, 5.41) is 11.5. The van der Waals surface area contributed by atoms with Crippen LogP contribution in [0, 0.1) is 0 Å². The summed E-state index contributed by atoms with van der Waals surface area (Å²) >= 11 is 0. The highest BCUT2D eigenvalue weighted by molar-refractivity contribution is 5.96. The monoisotopic (exact) mass is 436 g/mol. The molecule has 3 aromatic rings. The Morgan fingerprint density at radius 2 is 1.97 bits per heavy atom. The van der Waals surface area contributed by atoms with Gasteiger partial charge >= 0.3 is 11.6 Å². The Balaban J connectivity index is 1.78. The van der Waals surface area contributed by atoms with E-state index in [0.29, 0.717) is 16.9 Å². The Morgan fingerprint density at radius 3 is 2.66 bits per heavy atom. The summed E-state index contributed by atoms with van der Waals surface area (Å²) in [7, 11) is 1.42. The van der Waals surface area contributed by atoms with E-state index in [4.69, 9.17) is 18.6 Å². The Morgan fingerprint density at radius 1 is 1.22 bits per heavy atom. The molecule has 1 aromatic heterocycles. The second kappa shape index (κ2) is 7.40. The van der Waals surface area contributed by atoms with Crippen LogP contribution < -0.4 is 15.1 Å². The van der Waals surface area contributed by atoms with Crippen LogP contribution in [0.2, 0.25) is 0 Å². The molecule has 1 N–H and O–H groups in total. The molecule has 2 aliphatic rings. The smallest absolute Gasteiger partial charge is 0.343 e. The molecule has 1 fully saturated rings. The molecular weight excluding hydrogens is 416 g/mol. The zero-order valence-corrected chi connectivity index (χ0v) is 17.4. The predicted octanol–water partition coefficient (Wildman–Crippen LogP) is 3.37. The number of esters is 1. The number of rotatable bonds is 5. The molecule has 3 heterocycles. The minimum Gasteiger partial charge on any atom is -0.506 e. The van der Waals surface area contributed by atoms with Gasteiger partial charge in [-0.2, -0.15) is 0 Å². The molecule has 0 amide bonds. The summed E-state index contributed by atoms with van der Waals surface area (Å²) in [6.45, 7) is 1.43. The Hall–Kier alpha value is -3.81. The van der Waals surface area contributed by atoms with Gasteiger partial charge in [-0.3, -0.25) is 9.59 Å². The first-order valence-electron chi connectivity index (χ1n) is 10.2. The van der Waals surface area contributed by atoms with E-state index in [0.717, 1.165) is 0 Å². The summed E-state index contributed by atoms with van der Waals surface area (Å²) in [6.07, 6.45) is -0.728. The van der Waals surface area contributed by atoms with Crippen LogP contribution in [-0.2, 0) is 14.3 Å². The number of fused-ring (bicyclic) bond motifs is 5. The van der Waals surface area contributed by atoms with E-state index in [-0.39, 0.29) is 46.7 Å². The number of methoxy groups -OCH3 is 1. The highest BCUT2D eigenvalue weighted by Crippen LogP contribution is 2.52. The van der Waals surface area contributed by atoms with E-state index in [1.165, 1.54) is 14.0 Å². The fraction of sp³-hybridized carbons (Fsp3) is 0.292. The molecule has 1 saturated heterocycles. The molecule has 0 radical (unpaired) electrons. The molecule has 8 nitrogen and oxygen atoms in total. The fourth-order valence-electron chi connectivity index (χ4n) is 4.62. The van der Waals surface area contributed by atoms with Crippen molar-refractivity contribution in [3.8, 4) is 17.2 Å². The van der Waals surface area contributed by atoms with Crippen molar-refractivity contribution < 1.29 is 33.3 Å². The second-order valence-electron chi connectivity index (χ2n) is 8.00. The molecule has 5 rings (SSSR count). The number of Topliss-reactive ketones (excluding diaryl/α,β-unsaturated/α-hetero) is 1. The number of ether oxygens (including phenoxy) is 3. The topological polar surface area (TPSA) is 112 Å². The molecule has 8 heteroatoms. The highest BCUT2D eigenvalue weighted by Gasteiger charge is 2.47. The van der Waals surface area contributed by atoms with Gasteiger partial charge in [-0.15, -0.1) is 0 Å². The van der Waals surface area contributed by atoms with Crippen molar-refractivity contribution in [2.45, 2.75) is 37.9 Å². The molecule has 0 spiro atoms. The van der Waals surface area contributed by atoms with Gasteiger partial charge in [0.05, 0.1) is 25.0 Å². The Kier molecular flexibility index (Phi) is 4.65. The molecule has 2 aliphatic heterocycles. The van der Waals surface area contributed by atoms with E-state index in [2.05, 4.69) is 0 Å². The Labute approximate surface area is 182 Å². The van der Waals surface area contributed by atoms with Crippen molar-refractivity contribution in [3.63, 3.8) is 0 Å². The van der Waals surface area contributed by atoms with Crippen LogP contribution in [0.4, 0.5) is 0 Å². The van der Waals surface area contributed by atoms with Crippen molar-refractivity contribution in [1.82, 2.24) is 0 Å². The maximum absolute atomic E-state index is 13.2. The predicted molar refractivity (Wildman–Crippen MR) is 112 cm³/mol. The van der Waals surface area contributed by atoms with Crippen LogP contribution in [0.3, 0.4) is 0 Å². The van der Waals surface area contributed by atoms with Gasteiger partial charge in [-0.1, -0.05) is 30.3 Å². The molecule has 0 saturated carbocycles. The third-order valence-electron chi connectivity index (χ3n) is 5.99. The minimum absolute atomic E-state index is 0.0112. The maximum Gasteiger partial charge on any atom is 0.343 e. The van der Waals surface area contributed by atoms with Crippen LogP contribution in [-0.4, -0.2) is 30.3 Å². The number of hydrogen-bond acceptors (Lipinski definition) is 8. The Bertz CT molecular complexity index is 1310. The summed E-state index contributed by atoms with van der Waals surface area (Å²) in [4.78, 5) is 37.0. The SMILES string of the molecule is COc1cc2c(c3oc(=O)c(C(CC(C)=O)c4ccccc4)c(O)c13)C1CC(=O)OC1O2. The summed E-state index contributed by atoms with van der Waals surface area (Å²) in [6, 6.07) is 10.6. The zero-order chi connectivity index (χ0) is 22.6. The van der Waals surface area contributed by atoms with E-state index < -0.39 is 29.7 Å². The van der Waals surface area contributed by atoms with Crippen LogP contribution in [0.1, 0.15) is 48.3 Å². The van der Waals surface area contributed by atoms with Crippen LogP contribution in [0.15, 0.2) is 45.6 Å². The number of carbonyl (C=O) groups is 2. The van der Waals surface area contributed by atoms with E-state index in [1.54, 1.807) is 30.3 Å². The third kappa shape index (κ3) is 3.02. The lowest BCUT2D eigenvalue weighted by Gasteiger charge is -2.19. The van der Waals surface area contributed by atoms with Crippen molar-refractivity contribution in [3.05, 3.63) is 63.5 Å². The van der Waals surface area contributed by atoms with Crippen molar-refractivity contribution in [2.24, 2.45) is 0 Å². The first kappa shape index (κ1) is 20.1. The quantitative estimate of drug-likeness (QED) is 0.479. The van der Waals surface area contributed by atoms with Crippen molar-refractivity contribution in [2.75, 3.05) is 7.11 Å². The third-order valence-corrected chi connectivity index (χ3v) is 5.99. The maximum atomic E-state index is 13.2. The van der Waals surface area contributed by atoms with Gasteiger partial charge in [0.1, 0.15) is 28.4 Å². The highest BCUT2D eigenvalue weighted by atomic mass is 16.7. The summed E-state index contributed by atoms with van der Waals surface area (Å²) < 4.78 is 22.1. The average Bonchev–Trinajstić information content (AvgIpc) is 3.27. The van der Waals surface area contributed by atoms with Gasteiger partial charge < -0.3 is 23.7 Å². The van der Waals surface area contributed by atoms with E-state index >= 15 is 0 Å². The van der Waals surface area contributed by atoms with Gasteiger partial charge in [0, 0.05) is 24.0 Å². The number of carbonyl (C=O) groups excluding carboxylic acids is 2.